The lowest BCUT2D eigenvalue weighted by molar-refractivity contribution is -0.137. The molecule has 1 atom stereocenters. The number of nitrogens with zero attached hydrogens (tertiary/aromatic N) is 1. The third-order valence-corrected chi connectivity index (χ3v) is 4.46. The molecule has 1 aromatic heterocycles. The minimum atomic E-state index is -0.913. The van der Waals surface area contributed by atoms with Gasteiger partial charge in [0.1, 0.15) is 0 Å². The van der Waals surface area contributed by atoms with E-state index in [1.54, 1.807) is 18.4 Å². The average Bonchev–Trinajstić information content (AvgIpc) is 3.07. The number of nitrogens with one attached hydrogen (secondary N) is 1. The standard InChI is InChI=1S/C17H20N2O3S/c1-19(10-9-16(20)21)17(22)18-14(15-8-5-11-23-15)12-13-6-3-2-4-7-13/h2-8,11,14H,9-10,12H2,1H3,(H,18,22)(H,20,21). The van der Waals surface area contributed by atoms with Crippen molar-refractivity contribution in [2.45, 2.75) is 18.9 Å². The van der Waals surface area contributed by atoms with E-state index in [1.807, 2.05) is 47.8 Å². The zero-order valence-corrected chi connectivity index (χ0v) is 13.8. The molecule has 0 saturated heterocycles. The summed E-state index contributed by atoms with van der Waals surface area (Å²) in [5.74, 6) is -0.913. The predicted molar refractivity (Wildman–Crippen MR) is 90.6 cm³/mol. The molecule has 0 aliphatic heterocycles. The van der Waals surface area contributed by atoms with Crippen molar-refractivity contribution in [3.8, 4) is 0 Å². The number of thiophene rings is 1. The van der Waals surface area contributed by atoms with Gasteiger partial charge in [0.2, 0.25) is 0 Å². The number of carbonyl (C=O) groups is 2. The quantitative estimate of drug-likeness (QED) is 0.818. The van der Waals surface area contributed by atoms with Crippen molar-refractivity contribution in [3.05, 3.63) is 58.3 Å². The van der Waals surface area contributed by atoms with Crippen LogP contribution in [0.2, 0.25) is 0 Å². The van der Waals surface area contributed by atoms with Crippen molar-refractivity contribution in [2.75, 3.05) is 13.6 Å². The number of amides is 2. The number of hydrogen-bond acceptors (Lipinski definition) is 3. The molecule has 2 amide bonds. The minimum Gasteiger partial charge on any atom is -0.481 e. The van der Waals surface area contributed by atoms with Crippen LogP contribution in [0.1, 0.15) is 22.9 Å². The molecular weight excluding hydrogens is 312 g/mol. The first-order valence-electron chi connectivity index (χ1n) is 7.37. The molecule has 6 heteroatoms. The van der Waals surface area contributed by atoms with Gasteiger partial charge in [-0.05, 0) is 23.4 Å². The summed E-state index contributed by atoms with van der Waals surface area (Å²) < 4.78 is 0. The smallest absolute Gasteiger partial charge is 0.317 e. The molecule has 2 aromatic rings. The second kappa shape index (κ2) is 8.33. The third-order valence-electron chi connectivity index (χ3n) is 3.47. The van der Waals surface area contributed by atoms with E-state index in [9.17, 15) is 9.59 Å². The molecule has 1 unspecified atom stereocenters. The van der Waals surface area contributed by atoms with E-state index in [-0.39, 0.29) is 25.0 Å². The molecule has 0 spiro atoms. The maximum atomic E-state index is 12.3. The summed E-state index contributed by atoms with van der Waals surface area (Å²) in [6, 6.07) is 13.5. The van der Waals surface area contributed by atoms with Crippen LogP contribution in [-0.4, -0.2) is 35.6 Å². The largest absolute Gasteiger partial charge is 0.481 e. The minimum absolute atomic E-state index is 0.0632. The van der Waals surface area contributed by atoms with Crippen molar-refractivity contribution in [3.63, 3.8) is 0 Å². The SMILES string of the molecule is CN(CCC(=O)O)C(=O)NC(Cc1ccccc1)c1cccs1. The number of rotatable bonds is 7. The van der Waals surface area contributed by atoms with Crippen molar-refractivity contribution >= 4 is 23.3 Å². The Morgan fingerprint density at radius 3 is 2.57 bits per heavy atom. The molecule has 0 aliphatic rings. The van der Waals surface area contributed by atoms with Crippen molar-refractivity contribution in [2.24, 2.45) is 0 Å². The first-order valence-corrected chi connectivity index (χ1v) is 8.25. The molecule has 0 bridgehead atoms. The Hall–Kier alpha value is -2.34. The van der Waals surface area contributed by atoms with Gasteiger partial charge >= 0.3 is 12.0 Å². The Bertz CT molecular complexity index is 629. The first kappa shape index (κ1) is 17.0. The lowest BCUT2D eigenvalue weighted by Gasteiger charge is -2.23. The predicted octanol–water partition coefficient (Wildman–Crippen LogP) is 3.15. The van der Waals surface area contributed by atoms with E-state index in [0.717, 1.165) is 10.4 Å². The van der Waals surface area contributed by atoms with Crippen LogP contribution >= 0.6 is 11.3 Å². The Morgan fingerprint density at radius 1 is 1.22 bits per heavy atom. The number of carboxylic acid groups (broad SMARTS) is 1. The van der Waals surface area contributed by atoms with Crippen molar-refractivity contribution in [1.82, 2.24) is 10.2 Å². The van der Waals surface area contributed by atoms with Gasteiger partial charge in [-0.3, -0.25) is 4.79 Å². The fourth-order valence-corrected chi connectivity index (χ4v) is 2.96. The second-order valence-electron chi connectivity index (χ2n) is 5.27. The van der Waals surface area contributed by atoms with Crippen LogP contribution in [0.5, 0.6) is 0 Å². The molecular formula is C17H20N2O3S. The summed E-state index contributed by atoms with van der Waals surface area (Å²) in [5, 5.41) is 13.7. The van der Waals surface area contributed by atoms with Gasteiger partial charge in [-0.25, -0.2) is 4.79 Å². The molecule has 0 aliphatic carbocycles. The Balaban J connectivity index is 2.03. The third kappa shape index (κ3) is 5.41. The highest BCUT2D eigenvalue weighted by Gasteiger charge is 2.19. The average molecular weight is 332 g/mol. The molecule has 122 valence electrons. The number of carbonyl (C=O) groups excluding carboxylic acids is 1. The Kier molecular flexibility index (Phi) is 6.17. The topological polar surface area (TPSA) is 69.6 Å². The molecule has 1 heterocycles. The zero-order valence-electron chi connectivity index (χ0n) is 12.9. The highest BCUT2D eigenvalue weighted by molar-refractivity contribution is 7.10. The fraction of sp³-hybridized carbons (Fsp3) is 0.294. The lowest BCUT2D eigenvalue weighted by Crippen LogP contribution is -2.40. The van der Waals surface area contributed by atoms with Gasteiger partial charge in [-0.1, -0.05) is 36.4 Å². The molecule has 1 aromatic carbocycles. The van der Waals surface area contributed by atoms with E-state index in [1.165, 1.54) is 4.90 Å². The molecule has 23 heavy (non-hydrogen) atoms. The summed E-state index contributed by atoms with van der Waals surface area (Å²) in [6.45, 7) is 0.184. The van der Waals surface area contributed by atoms with E-state index >= 15 is 0 Å². The zero-order chi connectivity index (χ0) is 16.7. The highest BCUT2D eigenvalue weighted by Crippen LogP contribution is 2.23. The molecule has 2 rings (SSSR count). The summed E-state index contributed by atoms with van der Waals surface area (Å²) in [7, 11) is 1.60. The number of hydrogen-bond donors (Lipinski definition) is 2. The van der Waals surface area contributed by atoms with Crippen LogP contribution in [0.15, 0.2) is 47.8 Å². The van der Waals surface area contributed by atoms with E-state index in [2.05, 4.69) is 5.32 Å². The van der Waals surface area contributed by atoms with Gasteiger partial charge in [0.25, 0.3) is 0 Å². The monoisotopic (exact) mass is 332 g/mol. The summed E-state index contributed by atoms with van der Waals surface area (Å²) in [5.41, 5.74) is 1.14. The van der Waals surface area contributed by atoms with Gasteiger partial charge in [-0.15, -0.1) is 11.3 Å². The van der Waals surface area contributed by atoms with Gasteiger partial charge in [0.05, 0.1) is 12.5 Å². The number of benzene rings is 1. The van der Waals surface area contributed by atoms with E-state index in [4.69, 9.17) is 5.11 Å². The van der Waals surface area contributed by atoms with Gasteiger partial charge in [0, 0.05) is 18.5 Å². The molecule has 0 radical (unpaired) electrons. The van der Waals surface area contributed by atoms with Gasteiger partial charge in [0.15, 0.2) is 0 Å². The summed E-state index contributed by atoms with van der Waals surface area (Å²) in [4.78, 5) is 25.4. The normalized spacial score (nSPS) is 11.7. The number of carboxylic acids is 1. The van der Waals surface area contributed by atoms with Gasteiger partial charge < -0.3 is 15.3 Å². The number of aliphatic carboxylic acids is 1. The van der Waals surface area contributed by atoms with Crippen molar-refractivity contribution in [1.29, 1.82) is 0 Å². The summed E-state index contributed by atoms with van der Waals surface area (Å²) in [6.07, 6.45) is 0.631. The molecule has 5 nitrogen and oxygen atoms in total. The molecule has 2 N–H and O–H groups in total. The van der Waals surface area contributed by atoms with E-state index in [0.29, 0.717) is 6.42 Å². The molecule has 0 saturated carbocycles. The van der Waals surface area contributed by atoms with Crippen LogP contribution in [-0.2, 0) is 11.2 Å². The van der Waals surface area contributed by atoms with Crippen LogP contribution in [0.4, 0.5) is 4.79 Å². The Labute approximate surface area is 139 Å². The van der Waals surface area contributed by atoms with Crippen LogP contribution in [0, 0.1) is 0 Å². The Morgan fingerprint density at radius 2 is 1.96 bits per heavy atom. The maximum absolute atomic E-state index is 12.3. The van der Waals surface area contributed by atoms with Crippen LogP contribution in [0.25, 0.3) is 0 Å². The van der Waals surface area contributed by atoms with Crippen molar-refractivity contribution < 1.29 is 14.7 Å². The fourth-order valence-electron chi connectivity index (χ4n) is 2.19. The maximum Gasteiger partial charge on any atom is 0.317 e. The van der Waals surface area contributed by atoms with Crippen LogP contribution < -0.4 is 5.32 Å². The highest BCUT2D eigenvalue weighted by atomic mass is 32.1. The second-order valence-corrected chi connectivity index (χ2v) is 6.25. The lowest BCUT2D eigenvalue weighted by atomic mass is 10.0. The van der Waals surface area contributed by atoms with E-state index < -0.39 is 5.97 Å². The van der Waals surface area contributed by atoms with Crippen LogP contribution in [0.3, 0.4) is 0 Å². The molecule has 0 fully saturated rings. The van der Waals surface area contributed by atoms with Gasteiger partial charge in [-0.2, -0.15) is 0 Å². The first-order chi connectivity index (χ1) is 11.1. The number of urea groups is 1. The summed E-state index contributed by atoms with van der Waals surface area (Å²) >= 11 is 1.59.